The molecule has 0 saturated carbocycles. The quantitative estimate of drug-likeness (QED) is 0.0169. The summed E-state index contributed by atoms with van der Waals surface area (Å²) < 4.78 is 68.4. The molecule has 0 amide bonds. The van der Waals surface area contributed by atoms with Crippen molar-refractivity contribution in [2.24, 2.45) is 0 Å². The van der Waals surface area contributed by atoms with Crippen LogP contribution in [0.2, 0.25) is 0 Å². The molecular weight excluding hydrogens is 1450 g/mol. The van der Waals surface area contributed by atoms with Crippen molar-refractivity contribution in [3.05, 3.63) is 243 Å². The number of esters is 4. The van der Waals surface area contributed by atoms with Gasteiger partial charge < -0.3 is 33.8 Å². The van der Waals surface area contributed by atoms with Gasteiger partial charge in [0.2, 0.25) is 0 Å². The Bertz CT molecular complexity index is 3090. The SMILES string of the molecule is CC/C=C\C/C=C\C/C=C\C/C=C\C/C=C\C/C=C\CCC(=O)OC[C@H](COP(=O)(O)OC[C@@H](O)COP(=O)(O)OC[C@@H](COC(=O)CCCCCCC/C=C\C/C=C\CCCCC)OC(=O)CC/C=C\C/C=C\C/C=C\C/C=C\C/C=C\C/C=C\CC)OC(=O)CC/C=C\C/C=C\C/C=C\C/C=C\C/C=C\C/C=C\CC. The van der Waals surface area contributed by atoms with E-state index in [1.165, 1.54) is 19.3 Å². The standard InChI is InChI=1S/C93H142O17P2/c1-5-9-13-17-21-25-29-33-37-40-43-46-50-54-58-62-66-70-74-78-91(96)104-84-89(110-93(98)80-76-72-68-64-60-56-52-48-45-42-39-35-31-27-23-19-15-11-7-3)86-108-112(101,102)106-82-87(94)81-105-111(99,100)107-85-88(83-103-90(95)77-73-69-65-61-57-53-49-36-32-28-24-20-16-12-8-4)109-92(97)79-75-71-67-63-59-55-51-47-44-41-38-34-30-26-22-18-14-10-6-2/h9-11,13-15,21-28,33-39,43-49,54-56,58-60,66-68,70-72,87-89,94H,5-8,12,16-20,29-32,40-42,50-53,57,61-65,69,73-86H2,1-4H3,(H,99,100)(H,101,102)/b13-9-,14-10-,15-11-,25-21-,26-22-,27-23-,28-24-,37-33-,38-34-,39-35-,46-43-,47-44-,48-45-,49-36-,58-54-,59-55-,60-56-,70-66-,71-67-,72-68-/t87-,88+,89+/m0/s1. The molecule has 0 aromatic heterocycles. The number of hydrogen-bond donors (Lipinski definition) is 3. The Morgan fingerprint density at radius 2 is 0.482 bits per heavy atom. The Morgan fingerprint density at radius 1 is 0.259 bits per heavy atom. The predicted molar refractivity (Wildman–Crippen MR) is 463 cm³/mol. The summed E-state index contributed by atoms with van der Waals surface area (Å²) >= 11 is 0. The third-order valence-corrected chi connectivity index (χ3v) is 17.7. The van der Waals surface area contributed by atoms with Crippen molar-refractivity contribution >= 4 is 39.5 Å². The maximum Gasteiger partial charge on any atom is 0.472 e. The van der Waals surface area contributed by atoms with Gasteiger partial charge in [0.25, 0.3) is 0 Å². The molecule has 19 heteroatoms. The molecule has 0 fully saturated rings. The summed E-state index contributed by atoms with van der Waals surface area (Å²) in [6.07, 6.45) is 107. The van der Waals surface area contributed by atoms with E-state index in [1.54, 1.807) is 0 Å². The van der Waals surface area contributed by atoms with Gasteiger partial charge in [-0.2, -0.15) is 0 Å². The highest BCUT2D eigenvalue weighted by Crippen LogP contribution is 2.45. The third kappa shape index (κ3) is 80.9. The first kappa shape index (κ1) is 105. The molecule has 0 radical (unpaired) electrons. The normalized spacial score (nSPS) is 15.0. The summed E-state index contributed by atoms with van der Waals surface area (Å²) in [6.45, 7) is 4.18. The smallest absolute Gasteiger partial charge is 0.462 e. The lowest BCUT2D eigenvalue weighted by Gasteiger charge is -2.21. The first-order valence-electron chi connectivity index (χ1n) is 41.3. The number of phosphoric ester groups is 2. The molecule has 0 rings (SSSR count). The molecule has 0 aliphatic rings. The van der Waals surface area contributed by atoms with Gasteiger partial charge in [0.15, 0.2) is 12.2 Å². The second kappa shape index (κ2) is 81.9. The van der Waals surface area contributed by atoms with Gasteiger partial charge in [0, 0.05) is 25.7 Å². The molecule has 0 heterocycles. The van der Waals surface area contributed by atoms with Crippen LogP contribution >= 0.6 is 15.6 Å². The highest BCUT2D eigenvalue weighted by atomic mass is 31.2. The maximum absolute atomic E-state index is 13.1. The number of ether oxygens (including phenoxy) is 4. The van der Waals surface area contributed by atoms with Crippen LogP contribution in [-0.2, 0) is 65.4 Å². The van der Waals surface area contributed by atoms with Crippen molar-refractivity contribution < 1.29 is 80.2 Å². The van der Waals surface area contributed by atoms with Crippen molar-refractivity contribution in [2.75, 3.05) is 39.6 Å². The van der Waals surface area contributed by atoms with Crippen LogP contribution in [-0.4, -0.2) is 96.7 Å². The van der Waals surface area contributed by atoms with E-state index in [9.17, 15) is 43.2 Å². The van der Waals surface area contributed by atoms with Gasteiger partial charge in [-0.05, 0) is 173 Å². The summed E-state index contributed by atoms with van der Waals surface area (Å²) in [6, 6.07) is 0. The molecule has 112 heavy (non-hydrogen) atoms. The molecule has 5 atom stereocenters. The van der Waals surface area contributed by atoms with Crippen LogP contribution in [0, 0.1) is 0 Å². The summed E-state index contributed by atoms with van der Waals surface area (Å²) in [5.41, 5.74) is 0. The van der Waals surface area contributed by atoms with Gasteiger partial charge in [-0.1, -0.05) is 303 Å². The first-order chi connectivity index (χ1) is 54.7. The van der Waals surface area contributed by atoms with Crippen LogP contribution in [0.3, 0.4) is 0 Å². The number of phosphoric acid groups is 2. The molecule has 2 unspecified atom stereocenters. The number of carbonyl (C=O) groups is 4. The Balaban J connectivity index is 5.64. The Morgan fingerprint density at radius 3 is 0.768 bits per heavy atom. The molecule has 3 N–H and O–H groups in total. The first-order valence-corrected chi connectivity index (χ1v) is 44.3. The average molecular weight is 1590 g/mol. The van der Waals surface area contributed by atoms with Gasteiger partial charge in [-0.3, -0.25) is 37.3 Å². The van der Waals surface area contributed by atoms with Crippen LogP contribution in [0.15, 0.2) is 243 Å². The fourth-order valence-electron chi connectivity index (χ4n) is 9.68. The van der Waals surface area contributed by atoms with E-state index in [-0.39, 0.29) is 25.7 Å². The lowest BCUT2D eigenvalue weighted by atomic mass is 10.1. The zero-order chi connectivity index (χ0) is 81.7. The second-order valence-electron chi connectivity index (χ2n) is 26.2. The van der Waals surface area contributed by atoms with E-state index in [0.717, 1.165) is 141 Å². The van der Waals surface area contributed by atoms with Gasteiger partial charge in [0.05, 0.1) is 26.4 Å². The Labute approximate surface area is 676 Å². The summed E-state index contributed by atoms with van der Waals surface area (Å²) in [4.78, 5) is 73.1. The summed E-state index contributed by atoms with van der Waals surface area (Å²) in [7, 11) is -10.1. The molecule has 0 saturated heterocycles. The molecule has 0 aromatic carbocycles. The molecule has 0 aromatic rings. The van der Waals surface area contributed by atoms with Crippen molar-refractivity contribution in [3.63, 3.8) is 0 Å². The second-order valence-corrected chi connectivity index (χ2v) is 29.1. The fourth-order valence-corrected chi connectivity index (χ4v) is 11.3. The lowest BCUT2D eigenvalue weighted by molar-refractivity contribution is -0.161. The van der Waals surface area contributed by atoms with Crippen molar-refractivity contribution in [1.82, 2.24) is 0 Å². The van der Waals surface area contributed by atoms with E-state index < -0.39 is 97.5 Å². The van der Waals surface area contributed by atoms with E-state index >= 15 is 0 Å². The number of hydrogen-bond acceptors (Lipinski definition) is 15. The topological polar surface area (TPSA) is 237 Å². The number of rotatable bonds is 74. The number of allylic oxidation sites excluding steroid dienone is 40. The minimum Gasteiger partial charge on any atom is -0.462 e. The van der Waals surface area contributed by atoms with Gasteiger partial charge in [-0.15, -0.1) is 0 Å². The minimum absolute atomic E-state index is 0.00684. The van der Waals surface area contributed by atoms with Crippen LogP contribution in [0.4, 0.5) is 0 Å². The van der Waals surface area contributed by atoms with E-state index in [4.69, 9.17) is 37.0 Å². The van der Waals surface area contributed by atoms with Crippen LogP contribution < -0.4 is 0 Å². The average Bonchev–Trinajstić information content (AvgIpc) is 0.908. The number of unbranched alkanes of at least 4 members (excludes halogenated alkanes) is 8. The number of aliphatic hydroxyl groups is 1. The molecule has 17 nitrogen and oxygen atoms in total. The maximum atomic E-state index is 13.1. The van der Waals surface area contributed by atoms with Gasteiger partial charge >= 0.3 is 39.5 Å². The fraction of sp³-hybridized carbons (Fsp3) is 0.527. The molecule has 0 aliphatic carbocycles. The monoisotopic (exact) mass is 1590 g/mol. The highest BCUT2D eigenvalue weighted by molar-refractivity contribution is 7.47. The third-order valence-electron chi connectivity index (χ3n) is 15.8. The van der Waals surface area contributed by atoms with Crippen LogP contribution in [0.1, 0.15) is 259 Å². The van der Waals surface area contributed by atoms with E-state index in [1.807, 2.05) is 54.7 Å². The van der Waals surface area contributed by atoms with Crippen molar-refractivity contribution in [1.29, 1.82) is 0 Å². The van der Waals surface area contributed by atoms with Crippen molar-refractivity contribution in [2.45, 2.75) is 277 Å². The van der Waals surface area contributed by atoms with Crippen molar-refractivity contribution in [3.8, 4) is 0 Å². The number of aliphatic hydroxyl groups excluding tert-OH is 1. The molecule has 0 aliphatic heterocycles. The van der Waals surface area contributed by atoms with Gasteiger partial charge in [0.1, 0.15) is 19.3 Å². The van der Waals surface area contributed by atoms with E-state index in [0.29, 0.717) is 44.9 Å². The molecule has 0 bridgehead atoms. The molecule has 626 valence electrons. The zero-order valence-electron chi connectivity index (χ0n) is 68.5. The van der Waals surface area contributed by atoms with Crippen LogP contribution in [0.25, 0.3) is 0 Å². The summed E-state index contributed by atoms with van der Waals surface area (Å²) in [5, 5.41) is 10.7. The minimum atomic E-state index is -5.04. The number of carbonyl (C=O) groups excluding carboxylic acids is 4. The Kier molecular flexibility index (Phi) is 76.6. The summed E-state index contributed by atoms with van der Waals surface area (Å²) in [5.74, 6) is -2.52. The lowest BCUT2D eigenvalue weighted by Crippen LogP contribution is -2.30. The molecule has 0 spiro atoms. The van der Waals surface area contributed by atoms with E-state index in [2.05, 4.69) is 216 Å². The predicted octanol–water partition coefficient (Wildman–Crippen LogP) is 24.8. The van der Waals surface area contributed by atoms with Gasteiger partial charge in [-0.25, -0.2) is 9.13 Å². The zero-order valence-corrected chi connectivity index (χ0v) is 70.3. The largest absolute Gasteiger partial charge is 0.472 e. The Hall–Kier alpha value is -7.14. The highest BCUT2D eigenvalue weighted by Gasteiger charge is 2.30. The molecular formula is C93H142O17P2. The van der Waals surface area contributed by atoms with Crippen LogP contribution in [0.5, 0.6) is 0 Å².